The molecule has 0 radical (unpaired) electrons. The van der Waals surface area contributed by atoms with Crippen LogP contribution in [-0.2, 0) is 20.7 Å². The first-order valence-corrected chi connectivity index (χ1v) is 9.12. The van der Waals surface area contributed by atoms with Crippen LogP contribution in [0.2, 0.25) is 0 Å². The van der Waals surface area contributed by atoms with Crippen LogP contribution in [0.3, 0.4) is 0 Å². The lowest BCUT2D eigenvalue weighted by molar-refractivity contribution is -0.143. The van der Waals surface area contributed by atoms with Crippen molar-refractivity contribution in [1.29, 1.82) is 0 Å². The Labute approximate surface area is 160 Å². The highest BCUT2D eigenvalue weighted by atomic mass is 16.5. The van der Waals surface area contributed by atoms with Gasteiger partial charge in [-0.15, -0.1) is 0 Å². The maximum atomic E-state index is 11.8. The molecule has 5 nitrogen and oxygen atoms in total. The van der Waals surface area contributed by atoms with E-state index < -0.39 is 12.1 Å². The topological polar surface area (TPSA) is 76.5 Å². The summed E-state index contributed by atoms with van der Waals surface area (Å²) in [5, 5.41) is 10.2. The number of esters is 1. The highest BCUT2D eigenvalue weighted by Crippen LogP contribution is 2.31. The minimum atomic E-state index is -0.799. The van der Waals surface area contributed by atoms with Crippen molar-refractivity contribution in [2.24, 2.45) is 0 Å². The van der Waals surface area contributed by atoms with E-state index in [1.165, 1.54) is 7.11 Å². The number of aromatic nitrogens is 1. The van der Waals surface area contributed by atoms with Gasteiger partial charge in [0.15, 0.2) is 0 Å². The number of benzene rings is 1. The van der Waals surface area contributed by atoms with Crippen LogP contribution in [0, 0.1) is 20.8 Å². The number of aryl methyl sites for hydroxylation is 2. The number of carbonyl (C=O) groups is 2. The Morgan fingerprint density at radius 3 is 2.41 bits per heavy atom. The highest BCUT2D eigenvalue weighted by molar-refractivity contribution is 5.95. The molecule has 1 atom stereocenters. The summed E-state index contributed by atoms with van der Waals surface area (Å²) in [6.45, 7) is 6.03. The molecule has 0 bridgehead atoms. The van der Waals surface area contributed by atoms with Gasteiger partial charge in [-0.25, -0.2) is 0 Å². The van der Waals surface area contributed by atoms with Crippen molar-refractivity contribution in [2.75, 3.05) is 7.11 Å². The van der Waals surface area contributed by atoms with Gasteiger partial charge in [-0.2, -0.15) is 0 Å². The molecular formula is C22H27NO4. The van der Waals surface area contributed by atoms with Crippen LogP contribution < -0.4 is 0 Å². The summed E-state index contributed by atoms with van der Waals surface area (Å²) < 4.78 is 4.49. The first kappa shape index (κ1) is 20.8. The molecule has 2 aromatic rings. The number of ether oxygens (including phenoxy) is 1. The second kappa shape index (κ2) is 9.42. The molecule has 1 N–H and O–H groups in total. The zero-order chi connectivity index (χ0) is 20.0. The maximum absolute atomic E-state index is 11.8. The molecule has 27 heavy (non-hydrogen) atoms. The molecule has 0 spiro atoms. The monoisotopic (exact) mass is 369 g/mol. The zero-order valence-corrected chi connectivity index (χ0v) is 16.4. The third-order valence-electron chi connectivity index (χ3n) is 4.81. The number of hydrogen-bond donors (Lipinski definition) is 1. The molecule has 1 heterocycles. The SMILES string of the molecule is COC(=O)CC(=O)CC(O)CCc1c(C)nc(C)c(C)c1-c1ccccc1. The van der Waals surface area contributed by atoms with Crippen LogP contribution in [-0.4, -0.2) is 35.1 Å². The van der Waals surface area contributed by atoms with Gasteiger partial charge < -0.3 is 9.84 Å². The van der Waals surface area contributed by atoms with Crippen molar-refractivity contribution in [3.8, 4) is 11.1 Å². The molecular weight excluding hydrogens is 342 g/mol. The summed E-state index contributed by atoms with van der Waals surface area (Å²) in [6.07, 6.45) is -0.110. The quantitative estimate of drug-likeness (QED) is 0.569. The van der Waals surface area contributed by atoms with E-state index in [-0.39, 0.29) is 18.6 Å². The summed E-state index contributed by atoms with van der Waals surface area (Å²) in [5.74, 6) is -0.889. The lowest BCUT2D eigenvalue weighted by atomic mass is 9.90. The molecule has 0 aliphatic carbocycles. The van der Waals surface area contributed by atoms with E-state index in [1.54, 1.807) is 0 Å². The van der Waals surface area contributed by atoms with Crippen LogP contribution in [0.4, 0.5) is 0 Å². The smallest absolute Gasteiger partial charge is 0.313 e. The molecule has 0 aliphatic rings. The molecule has 144 valence electrons. The van der Waals surface area contributed by atoms with Gasteiger partial charge in [0.2, 0.25) is 0 Å². The Balaban J connectivity index is 2.18. The lowest BCUT2D eigenvalue weighted by Crippen LogP contribution is -2.18. The first-order valence-electron chi connectivity index (χ1n) is 9.12. The lowest BCUT2D eigenvalue weighted by Gasteiger charge is -2.18. The second-order valence-electron chi connectivity index (χ2n) is 6.82. The number of methoxy groups -OCH3 is 1. The minimum Gasteiger partial charge on any atom is -0.469 e. The number of carbonyl (C=O) groups excluding carboxylic acids is 2. The largest absolute Gasteiger partial charge is 0.469 e. The van der Waals surface area contributed by atoms with Crippen LogP contribution in [0.25, 0.3) is 11.1 Å². The number of nitrogens with zero attached hydrogens (tertiary/aromatic N) is 1. The Hall–Kier alpha value is -2.53. The maximum Gasteiger partial charge on any atom is 0.313 e. The molecule has 5 heteroatoms. The van der Waals surface area contributed by atoms with Crippen LogP contribution in [0.1, 0.15) is 41.8 Å². The Morgan fingerprint density at radius 1 is 1.11 bits per heavy atom. The van der Waals surface area contributed by atoms with Gasteiger partial charge in [-0.1, -0.05) is 30.3 Å². The van der Waals surface area contributed by atoms with Gasteiger partial charge in [0.25, 0.3) is 0 Å². The van der Waals surface area contributed by atoms with Crippen molar-refractivity contribution >= 4 is 11.8 Å². The molecule has 1 unspecified atom stereocenters. The van der Waals surface area contributed by atoms with Crippen molar-refractivity contribution in [1.82, 2.24) is 4.98 Å². The number of rotatable bonds is 8. The van der Waals surface area contributed by atoms with Crippen LogP contribution in [0.15, 0.2) is 30.3 Å². The average molecular weight is 369 g/mol. The Bertz CT molecular complexity index is 815. The van der Waals surface area contributed by atoms with Crippen molar-refractivity contribution in [3.63, 3.8) is 0 Å². The summed E-state index contributed by atoms with van der Waals surface area (Å²) in [5.41, 5.74) is 6.40. The van der Waals surface area contributed by atoms with Crippen molar-refractivity contribution < 1.29 is 19.4 Å². The minimum absolute atomic E-state index is 0.0485. The van der Waals surface area contributed by atoms with E-state index in [9.17, 15) is 14.7 Å². The fourth-order valence-electron chi connectivity index (χ4n) is 3.27. The van der Waals surface area contributed by atoms with Gasteiger partial charge in [0.1, 0.15) is 12.2 Å². The summed E-state index contributed by atoms with van der Waals surface area (Å²) in [7, 11) is 1.24. The predicted molar refractivity (Wildman–Crippen MR) is 104 cm³/mol. The average Bonchev–Trinajstić information content (AvgIpc) is 2.63. The molecule has 0 saturated heterocycles. The van der Waals surface area contributed by atoms with E-state index in [1.807, 2.05) is 32.0 Å². The number of aliphatic hydroxyl groups excluding tert-OH is 1. The summed E-state index contributed by atoms with van der Waals surface area (Å²) >= 11 is 0. The molecule has 0 amide bonds. The normalized spacial score (nSPS) is 11.9. The number of Topliss-reactive ketones (excluding diaryl/α,β-unsaturated/α-hetero) is 1. The van der Waals surface area contributed by atoms with Crippen LogP contribution >= 0.6 is 0 Å². The molecule has 0 fully saturated rings. The zero-order valence-electron chi connectivity index (χ0n) is 16.4. The van der Waals surface area contributed by atoms with E-state index in [2.05, 4.69) is 28.8 Å². The fourth-order valence-corrected chi connectivity index (χ4v) is 3.27. The fraction of sp³-hybridized carbons (Fsp3) is 0.409. The van der Waals surface area contributed by atoms with E-state index in [0.717, 1.165) is 33.6 Å². The number of ketones is 1. The summed E-state index contributed by atoms with van der Waals surface area (Å²) in [6, 6.07) is 10.1. The molecule has 0 saturated carbocycles. The second-order valence-corrected chi connectivity index (χ2v) is 6.82. The number of pyridine rings is 1. The van der Waals surface area contributed by atoms with Gasteiger partial charge in [0.05, 0.1) is 13.2 Å². The molecule has 0 aliphatic heterocycles. The first-order chi connectivity index (χ1) is 12.8. The molecule has 1 aromatic carbocycles. The van der Waals surface area contributed by atoms with E-state index in [4.69, 9.17) is 0 Å². The van der Waals surface area contributed by atoms with E-state index in [0.29, 0.717) is 12.8 Å². The van der Waals surface area contributed by atoms with Gasteiger partial charge in [0, 0.05) is 17.8 Å². The number of hydrogen-bond acceptors (Lipinski definition) is 5. The van der Waals surface area contributed by atoms with Crippen molar-refractivity contribution in [3.05, 3.63) is 52.8 Å². The van der Waals surface area contributed by atoms with Crippen molar-refractivity contribution in [2.45, 2.75) is 52.6 Å². The Morgan fingerprint density at radius 2 is 1.78 bits per heavy atom. The third kappa shape index (κ3) is 5.47. The van der Waals surface area contributed by atoms with Gasteiger partial charge >= 0.3 is 5.97 Å². The molecule has 1 aromatic heterocycles. The van der Waals surface area contributed by atoms with Gasteiger partial charge in [-0.3, -0.25) is 14.6 Å². The molecule has 2 rings (SSSR count). The summed E-state index contributed by atoms with van der Waals surface area (Å²) in [4.78, 5) is 27.6. The highest BCUT2D eigenvalue weighted by Gasteiger charge is 2.18. The third-order valence-corrected chi connectivity index (χ3v) is 4.81. The van der Waals surface area contributed by atoms with Gasteiger partial charge in [-0.05, 0) is 55.9 Å². The van der Waals surface area contributed by atoms with E-state index >= 15 is 0 Å². The predicted octanol–water partition coefficient (Wildman–Crippen LogP) is 3.49. The Kier molecular flexibility index (Phi) is 7.25. The standard InChI is InChI=1S/C22H27NO4/c1-14-15(2)23-16(3)20(22(14)17-8-6-5-7-9-17)11-10-18(24)12-19(25)13-21(26)27-4/h5-9,18,24H,10-13H2,1-4H3. The number of aliphatic hydroxyl groups is 1. The van der Waals surface area contributed by atoms with Crippen LogP contribution in [0.5, 0.6) is 0 Å².